The van der Waals surface area contributed by atoms with E-state index in [4.69, 9.17) is 4.74 Å². The second-order valence-corrected chi connectivity index (χ2v) is 6.54. The molecule has 28 heavy (non-hydrogen) atoms. The molecule has 7 heteroatoms. The van der Waals surface area contributed by atoms with Crippen LogP contribution < -0.4 is 15.4 Å². The normalized spacial score (nSPS) is 14.6. The lowest BCUT2D eigenvalue weighted by Gasteiger charge is -2.16. The molecule has 4 amide bonds. The first-order chi connectivity index (χ1) is 13.5. The molecule has 1 heterocycles. The van der Waals surface area contributed by atoms with Crippen LogP contribution in [0, 0.1) is 0 Å². The molecular weight excluding hydrogens is 358 g/mol. The number of hydrogen-bond donors (Lipinski definition) is 2. The number of benzene rings is 2. The molecule has 2 N–H and O–H groups in total. The summed E-state index contributed by atoms with van der Waals surface area (Å²) in [5, 5.41) is 5.45. The Kier molecular flexibility index (Phi) is 5.93. The Bertz CT molecular complexity index is 863. The molecule has 1 saturated heterocycles. The summed E-state index contributed by atoms with van der Waals surface area (Å²) in [7, 11) is 0. The Morgan fingerprint density at radius 1 is 1.21 bits per heavy atom. The van der Waals surface area contributed by atoms with Gasteiger partial charge in [-0.3, -0.25) is 14.5 Å². The fourth-order valence-electron chi connectivity index (χ4n) is 2.99. The lowest BCUT2D eigenvalue weighted by Crippen LogP contribution is -2.30. The summed E-state index contributed by atoms with van der Waals surface area (Å²) in [5.41, 5.74) is 2.15. The van der Waals surface area contributed by atoms with Crippen LogP contribution in [0.1, 0.15) is 41.4 Å². The smallest absolute Gasteiger partial charge is 0.324 e. The predicted molar refractivity (Wildman–Crippen MR) is 104 cm³/mol. The number of amides is 4. The molecule has 0 unspecified atom stereocenters. The maximum atomic E-state index is 12.6. The van der Waals surface area contributed by atoms with Gasteiger partial charge in [0.2, 0.25) is 5.91 Å². The monoisotopic (exact) mass is 381 g/mol. The number of rotatable bonds is 7. The molecule has 1 aliphatic rings. The third-order valence-corrected chi connectivity index (χ3v) is 4.51. The quantitative estimate of drug-likeness (QED) is 0.722. The average molecular weight is 381 g/mol. The number of imide groups is 1. The highest BCUT2D eigenvalue weighted by Gasteiger charge is 2.28. The summed E-state index contributed by atoms with van der Waals surface area (Å²) in [6.07, 6.45) is 0. The summed E-state index contributed by atoms with van der Waals surface area (Å²) in [6.45, 7) is 4.59. The van der Waals surface area contributed by atoms with E-state index in [-0.39, 0.29) is 30.9 Å². The van der Waals surface area contributed by atoms with Crippen LogP contribution in [-0.2, 0) is 11.3 Å². The number of carbonyl (C=O) groups is 3. The highest BCUT2D eigenvalue weighted by Crippen LogP contribution is 2.18. The van der Waals surface area contributed by atoms with Crippen LogP contribution in [0.15, 0.2) is 48.5 Å². The van der Waals surface area contributed by atoms with E-state index in [2.05, 4.69) is 10.6 Å². The molecule has 0 radical (unpaired) electrons. The van der Waals surface area contributed by atoms with Gasteiger partial charge in [-0.2, -0.15) is 0 Å². The van der Waals surface area contributed by atoms with Gasteiger partial charge in [0.15, 0.2) is 0 Å². The molecule has 3 rings (SSSR count). The highest BCUT2D eigenvalue weighted by molar-refractivity contribution is 6.02. The van der Waals surface area contributed by atoms with Crippen LogP contribution in [0.5, 0.6) is 5.75 Å². The van der Waals surface area contributed by atoms with E-state index in [0.717, 1.165) is 16.2 Å². The van der Waals surface area contributed by atoms with Gasteiger partial charge in [-0.1, -0.05) is 24.3 Å². The van der Waals surface area contributed by atoms with Crippen molar-refractivity contribution in [2.75, 3.05) is 13.2 Å². The van der Waals surface area contributed by atoms with Crippen LogP contribution in [0.3, 0.4) is 0 Å². The molecule has 7 nitrogen and oxygen atoms in total. The topological polar surface area (TPSA) is 87.7 Å². The maximum Gasteiger partial charge on any atom is 0.324 e. The minimum Gasteiger partial charge on any atom is -0.494 e. The number of ether oxygens (including phenoxy) is 1. The first-order valence-corrected chi connectivity index (χ1v) is 9.18. The van der Waals surface area contributed by atoms with Crippen LogP contribution in [0.25, 0.3) is 0 Å². The molecule has 0 saturated carbocycles. The van der Waals surface area contributed by atoms with Gasteiger partial charge in [-0.05, 0) is 49.2 Å². The maximum absolute atomic E-state index is 12.6. The van der Waals surface area contributed by atoms with Crippen molar-refractivity contribution in [3.8, 4) is 5.75 Å². The minimum absolute atomic E-state index is 0.0125. The van der Waals surface area contributed by atoms with Gasteiger partial charge in [0.05, 0.1) is 25.7 Å². The molecular formula is C21H23N3O4. The molecule has 1 aliphatic heterocycles. The van der Waals surface area contributed by atoms with Gasteiger partial charge in [-0.25, -0.2) is 4.79 Å². The van der Waals surface area contributed by atoms with Crippen molar-refractivity contribution in [2.24, 2.45) is 0 Å². The highest BCUT2D eigenvalue weighted by atomic mass is 16.5. The Balaban J connectivity index is 1.65. The second-order valence-electron chi connectivity index (χ2n) is 6.54. The number of urea groups is 1. The second kappa shape index (κ2) is 8.56. The third kappa shape index (κ3) is 4.49. The Hall–Kier alpha value is -3.35. The first kappa shape index (κ1) is 19.4. The minimum atomic E-state index is -0.413. The molecule has 0 aliphatic carbocycles. The SMILES string of the molecule is CCOc1ccc([C@@H](C)NC(=O)c2cccc(CN3C(=O)CNC3=O)c2)cc1. The fraction of sp³-hybridized carbons (Fsp3) is 0.286. The van der Waals surface area contributed by atoms with E-state index in [9.17, 15) is 14.4 Å². The van der Waals surface area contributed by atoms with Crippen LogP contribution in [-0.4, -0.2) is 35.9 Å². The predicted octanol–water partition coefficient (Wildman–Crippen LogP) is 2.63. The van der Waals surface area contributed by atoms with E-state index in [1.165, 1.54) is 0 Å². The average Bonchev–Trinajstić information content (AvgIpc) is 3.01. The van der Waals surface area contributed by atoms with Gasteiger partial charge < -0.3 is 15.4 Å². The summed E-state index contributed by atoms with van der Waals surface area (Å²) in [6, 6.07) is 13.9. The molecule has 146 valence electrons. The van der Waals surface area contributed by atoms with E-state index in [1.54, 1.807) is 24.3 Å². The van der Waals surface area contributed by atoms with Crippen LogP contribution in [0.4, 0.5) is 4.79 Å². The lowest BCUT2D eigenvalue weighted by molar-refractivity contribution is -0.125. The van der Waals surface area contributed by atoms with Crippen molar-refractivity contribution >= 4 is 17.8 Å². The van der Waals surface area contributed by atoms with Crippen molar-refractivity contribution in [3.05, 3.63) is 65.2 Å². The van der Waals surface area contributed by atoms with E-state index >= 15 is 0 Å². The van der Waals surface area contributed by atoms with Crippen molar-refractivity contribution in [1.82, 2.24) is 15.5 Å². The molecule has 0 aromatic heterocycles. The van der Waals surface area contributed by atoms with Crippen molar-refractivity contribution in [1.29, 1.82) is 0 Å². The van der Waals surface area contributed by atoms with Crippen LogP contribution in [0.2, 0.25) is 0 Å². The van der Waals surface area contributed by atoms with Gasteiger partial charge in [0.1, 0.15) is 5.75 Å². The van der Waals surface area contributed by atoms with E-state index in [1.807, 2.05) is 38.1 Å². The molecule has 1 fully saturated rings. The number of nitrogens with one attached hydrogen (secondary N) is 2. The van der Waals surface area contributed by atoms with Crippen molar-refractivity contribution in [3.63, 3.8) is 0 Å². The van der Waals surface area contributed by atoms with E-state index < -0.39 is 6.03 Å². The Morgan fingerprint density at radius 2 is 1.96 bits per heavy atom. The summed E-state index contributed by atoms with van der Waals surface area (Å²) in [5.74, 6) is 0.294. The van der Waals surface area contributed by atoms with Crippen LogP contribution >= 0.6 is 0 Å². The molecule has 2 aromatic carbocycles. The fourth-order valence-corrected chi connectivity index (χ4v) is 2.99. The van der Waals surface area contributed by atoms with Gasteiger partial charge in [0.25, 0.3) is 5.91 Å². The summed E-state index contributed by atoms with van der Waals surface area (Å²) < 4.78 is 5.43. The lowest BCUT2D eigenvalue weighted by atomic mass is 10.1. The summed E-state index contributed by atoms with van der Waals surface area (Å²) in [4.78, 5) is 37.2. The van der Waals surface area contributed by atoms with E-state index in [0.29, 0.717) is 17.7 Å². The molecule has 0 bridgehead atoms. The standard InChI is InChI=1S/C21H23N3O4/c1-3-28-18-9-7-16(8-10-18)14(2)23-20(26)17-6-4-5-15(11-17)13-24-19(25)12-22-21(24)27/h4-11,14H,3,12-13H2,1-2H3,(H,22,27)(H,23,26)/t14-/m1/s1. The zero-order valence-electron chi connectivity index (χ0n) is 15.9. The molecule has 2 aromatic rings. The molecule has 0 spiro atoms. The number of nitrogens with zero attached hydrogens (tertiary/aromatic N) is 1. The van der Waals surface area contributed by atoms with Gasteiger partial charge in [0, 0.05) is 5.56 Å². The summed E-state index contributed by atoms with van der Waals surface area (Å²) >= 11 is 0. The van der Waals surface area contributed by atoms with Gasteiger partial charge >= 0.3 is 6.03 Å². The number of hydrogen-bond acceptors (Lipinski definition) is 4. The van der Waals surface area contributed by atoms with Crippen molar-refractivity contribution < 1.29 is 19.1 Å². The van der Waals surface area contributed by atoms with Crippen molar-refractivity contribution in [2.45, 2.75) is 26.4 Å². The zero-order valence-corrected chi connectivity index (χ0v) is 15.9. The van der Waals surface area contributed by atoms with Gasteiger partial charge in [-0.15, -0.1) is 0 Å². The third-order valence-electron chi connectivity index (χ3n) is 4.51. The number of carbonyl (C=O) groups excluding carboxylic acids is 3. The Labute approximate surface area is 163 Å². The first-order valence-electron chi connectivity index (χ1n) is 9.18. The molecule has 1 atom stereocenters. The largest absolute Gasteiger partial charge is 0.494 e. The zero-order chi connectivity index (χ0) is 20.1. The Morgan fingerprint density at radius 3 is 2.61 bits per heavy atom.